The van der Waals surface area contributed by atoms with E-state index in [-0.39, 0.29) is 25.4 Å². The van der Waals surface area contributed by atoms with Crippen LogP contribution in [-0.2, 0) is 9.59 Å². The van der Waals surface area contributed by atoms with E-state index in [0.29, 0.717) is 19.4 Å². The van der Waals surface area contributed by atoms with E-state index in [9.17, 15) is 19.5 Å². The van der Waals surface area contributed by atoms with Gasteiger partial charge in [-0.2, -0.15) is 0 Å². The Morgan fingerprint density at radius 2 is 1.60 bits per heavy atom. The number of rotatable bonds is 9. The highest BCUT2D eigenvalue weighted by atomic mass is 16.4. The molecule has 0 aromatic heterocycles. The van der Waals surface area contributed by atoms with Gasteiger partial charge in [0.25, 0.3) is 0 Å². The fraction of sp³-hybridized carbons (Fsp3) is 0.769. The number of aliphatic carboxylic acids is 1. The van der Waals surface area contributed by atoms with Crippen LogP contribution in [0.15, 0.2) is 0 Å². The van der Waals surface area contributed by atoms with Crippen LogP contribution in [0.2, 0.25) is 0 Å². The molecule has 0 bridgehead atoms. The van der Waals surface area contributed by atoms with Crippen molar-refractivity contribution >= 4 is 17.9 Å². The molecule has 116 valence electrons. The molecule has 0 spiro atoms. The van der Waals surface area contributed by atoms with E-state index in [1.54, 1.807) is 13.8 Å². The standard InChI is InChI=1S/C13H25N3O4/c1-4-13(5-2,11(18)19)9-16-12(20)15-8-7-10(17)14-6-3/h4-9H2,1-3H3,(H,14,17)(H,18,19)(H2,15,16,20). The zero-order valence-corrected chi connectivity index (χ0v) is 12.4. The molecule has 0 aliphatic rings. The molecule has 0 heterocycles. The monoisotopic (exact) mass is 287 g/mol. The van der Waals surface area contributed by atoms with E-state index in [1.165, 1.54) is 0 Å². The maximum atomic E-state index is 11.5. The third kappa shape index (κ3) is 5.90. The first-order valence-electron chi connectivity index (χ1n) is 6.93. The Bertz CT molecular complexity index is 341. The Morgan fingerprint density at radius 1 is 1.00 bits per heavy atom. The van der Waals surface area contributed by atoms with Crippen molar-refractivity contribution in [3.8, 4) is 0 Å². The highest BCUT2D eigenvalue weighted by Crippen LogP contribution is 2.25. The first-order chi connectivity index (χ1) is 9.41. The van der Waals surface area contributed by atoms with Crippen molar-refractivity contribution in [1.82, 2.24) is 16.0 Å². The number of carboxylic acids is 1. The number of urea groups is 1. The van der Waals surface area contributed by atoms with Gasteiger partial charge >= 0.3 is 12.0 Å². The zero-order valence-electron chi connectivity index (χ0n) is 12.4. The molecule has 0 saturated heterocycles. The molecule has 0 atom stereocenters. The minimum absolute atomic E-state index is 0.0717. The molecule has 0 saturated carbocycles. The summed E-state index contributed by atoms with van der Waals surface area (Å²) in [7, 11) is 0. The molecule has 0 aromatic carbocycles. The van der Waals surface area contributed by atoms with Gasteiger partial charge in [0.15, 0.2) is 0 Å². The topological polar surface area (TPSA) is 108 Å². The first-order valence-corrected chi connectivity index (χ1v) is 6.93. The summed E-state index contributed by atoms with van der Waals surface area (Å²) in [5.41, 5.74) is -0.934. The van der Waals surface area contributed by atoms with E-state index < -0.39 is 17.4 Å². The molecule has 0 radical (unpaired) electrons. The van der Waals surface area contributed by atoms with Crippen LogP contribution < -0.4 is 16.0 Å². The lowest BCUT2D eigenvalue weighted by molar-refractivity contribution is -0.149. The van der Waals surface area contributed by atoms with Gasteiger partial charge in [0.2, 0.25) is 5.91 Å². The average Bonchev–Trinajstić information content (AvgIpc) is 2.40. The normalized spacial score (nSPS) is 10.8. The predicted molar refractivity (Wildman–Crippen MR) is 75.4 cm³/mol. The van der Waals surface area contributed by atoms with E-state index in [0.717, 1.165) is 0 Å². The summed E-state index contributed by atoms with van der Waals surface area (Å²) in [5.74, 6) is -1.04. The SMILES string of the molecule is CCNC(=O)CCNC(=O)NCC(CC)(CC)C(=O)O. The number of carboxylic acid groups (broad SMARTS) is 1. The van der Waals surface area contributed by atoms with Crippen LogP contribution in [0.25, 0.3) is 0 Å². The molecule has 0 aliphatic heterocycles. The Balaban J connectivity index is 4.09. The Hall–Kier alpha value is -1.79. The molecule has 0 unspecified atom stereocenters. The molecule has 0 fully saturated rings. The van der Waals surface area contributed by atoms with Crippen molar-refractivity contribution in [1.29, 1.82) is 0 Å². The minimum Gasteiger partial charge on any atom is -0.481 e. The number of hydrogen-bond acceptors (Lipinski definition) is 3. The summed E-state index contributed by atoms with van der Waals surface area (Å²) in [4.78, 5) is 33.9. The van der Waals surface area contributed by atoms with Crippen molar-refractivity contribution in [3.63, 3.8) is 0 Å². The first kappa shape index (κ1) is 18.2. The van der Waals surface area contributed by atoms with Crippen LogP contribution in [0.4, 0.5) is 4.79 Å². The molecular formula is C13H25N3O4. The lowest BCUT2D eigenvalue weighted by Crippen LogP contribution is -2.46. The van der Waals surface area contributed by atoms with Crippen molar-refractivity contribution in [2.24, 2.45) is 5.41 Å². The Kier molecular flexibility index (Phi) is 8.35. The third-order valence-corrected chi connectivity index (χ3v) is 3.41. The average molecular weight is 287 g/mol. The van der Waals surface area contributed by atoms with Crippen LogP contribution >= 0.6 is 0 Å². The summed E-state index contributed by atoms with van der Waals surface area (Å²) in [6, 6.07) is -0.457. The largest absolute Gasteiger partial charge is 0.481 e. The number of amides is 3. The van der Waals surface area contributed by atoms with Crippen LogP contribution in [0.3, 0.4) is 0 Å². The third-order valence-electron chi connectivity index (χ3n) is 3.41. The fourth-order valence-electron chi connectivity index (χ4n) is 1.77. The second-order valence-electron chi connectivity index (χ2n) is 4.61. The summed E-state index contributed by atoms with van der Waals surface area (Å²) >= 11 is 0. The number of hydrogen-bond donors (Lipinski definition) is 4. The van der Waals surface area contributed by atoms with Gasteiger partial charge in [-0.25, -0.2) is 4.79 Å². The van der Waals surface area contributed by atoms with E-state index in [4.69, 9.17) is 0 Å². The van der Waals surface area contributed by atoms with Gasteiger partial charge in [-0.3, -0.25) is 9.59 Å². The van der Waals surface area contributed by atoms with Crippen molar-refractivity contribution in [2.75, 3.05) is 19.6 Å². The minimum atomic E-state index is -0.934. The van der Waals surface area contributed by atoms with Crippen molar-refractivity contribution in [2.45, 2.75) is 40.0 Å². The van der Waals surface area contributed by atoms with Gasteiger partial charge in [0, 0.05) is 26.1 Å². The molecule has 7 nitrogen and oxygen atoms in total. The lowest BCUT2D eigenvalue weighted by Gasteiger charge is -2.26. The number of carbonyl (C=O) groups is 3. The van der Waals surface area contributed by atoms with Gasteiger partial charge in [-0.15, -0.1) is 0 Å². The molecule has 4 N–H and O–H groups in total. The van der Waals surface area contributed by atoms with Crippen molar-refractivity contribution in [3.05, 3.63) is 0 Å². The Labute approximate surface area is 119 Å². The van der Waals surface area contributed by atoms with Crippen LogP contribution in [0, 0.1) is 5.41 Å². The maximum Gasteiger partial charge on any atom is 0.314 e. The van der Waals surface area contributed by atoms with E-state index in [2.05, 4.69) is 16.0 Å². The molecule has 0 aliphatic carbocycles. The Morgan fingerprint density at radius 3 is 2.05 bits per heavy atom. The second-order valence-corrected chi connectivity index (χ2v) is 4.61. The second kappa shape index (κ2) is 9.17. The van der Waals surface area contributed by atoms with Gasteiger partial charge in [-0.1, -0.05) is 13.8 Å². The van der Waals surface area contributed by atoms with Gasteiger partial charge in [0.1, 0.15) is 0 Å². The fourth-order valence-corrected chi connectivity index (χ4v) is 1.77. The van der Waals surface area contributed by atoms with E-state index in [1.807, 2.05) is 6.92 Å². The van der Waals surface area contributed by atoms with E-state index >= 15 is 0 Å². The maximum absolute atomic E-state index is 11.5. The quantitative estimate of drug-likeness (QED) is 0.500. The van der Waals surface area contributed by atoms with Gasteiger partial charge < -0.3 is 21.1 Å². The highest BCUT2D eigenvalue weighted by molar-refractivity contribution is 5.79. The molecule has 0 rings (SSSR count). The number of carbonyl (C=O) groups excluding carboxylic acids is 2. The molecule has 3 amide bonds. The number of nitrogens with one attached hydrogen (secondary N) is 3. The van der Waals surface area contributed by atoms with Crippen LogP contribution in [-0.4, -0.2) is 42.6 Å². The molecular weight excluding hydrogens is 262 g/mol. The van der Waals surface area contributed by atoms with Crippen molar-refractivity contribution < 1.29 is 19.5 Å². The summed E-state index contributed by atoms with van der Waals surface area (Å²) in [5, 5.41) is 16.9. The summed E-state index contributed by atoms with van der Waals surface area (Å²) in [6.45, 7) is 6.23. The van der Waals surface area contributed by atoms with Crippen LogP contribution in [0.5, 0.6) is 0 Å². The van der Waals surface area contributed by atoms with Crippen LogP contribution in [0.1, 0.15) is 40.0 Å². The zero-order chi connectivity index (χ0) is 15.6. The van der Waals surface area contributed by atoms with Gasteiger partial charge in [0.05, 0.1) is 5.41 Å². The summed E-state index contributed by atoms with van der Waals surface area (Å²) < 4.78 is 0. The highest BCUT2D eigenvalue weighted by Gasteiger charge is 2.35. The summed E-state index contributed by atoms with van der Waals surface area (Å²) in [6.07, 6.45) is 1.09. The lowest BCUT2D eigenvalue weighted by atomic mass is 9.82. The molecule has 0 aromatic rings. The molecule has 20 heavy (non-hydrogen) atoms. The predicted octanol–water partition coefficient (Wildman–Crippen LogP) is 0.703. The molecule has 7 heteroatoms. The smallest absolute Gasteiger partial charge is 0.314 e. The van der Waals surface area contributed by atoms with Gasteiger partial charge in [-0.05, 0) is 19.8 Å².